The van der Waals surface area contributed by atoms with Crippen molar-refractivity contribution in [2.45, 2.75) is 13.3 Å². The topological polar surface area (TPSA) is 107 Å². The number of hydrogen-bond donors (Lipinski definition) is 2. The number of amides is 2. The van der Waals surface area contributed by atoms with Crippen molar-refractivity contribution < 1.29 is 28.5 Å². The maximum absolute atomic E-state index is 12.4. The van der Waals surface area contributed by atoms with Gasteiger partial charge in [0.05, 0.1) is 46.1 Å². The molecule has 9 heteroatoms. The molecule has 0 saturated heterocycles. The van der Waals surface area contributed by atoms with Gasteiger partial charge in [0, 0.05) is 17.8 Å². The fourth-order valence-corrected chi connectivity index (χ4v) is 2.57. The number of rotatable bonds is 9. The number of benzene rings is 2. The van der Waals surface area contributed by atoms with Crippen LogP contribution in [0.15, 0.2) is 41.5 Å². The number of anilines is 1. The van der Waals surface area contributed by atoms with Crippen molar-refractivity contribution in [3.05, 3.63) is 42.0 Å². The maximum Gasteiger partial charge on any atom is 0.275 e. The lowest BCUT2D eigenvalue weighted by Gasteiger charge is -2.12. The second-order valence-electron chi connectivity index (χ2n) is 6.15. The summed E-state index contributed by atoms with van der Waals surface area (Å²) in [6, 6.07) is 9.88. The number of nitrogens with one attached hydrogen (secondary N) is 2. The lowest BCUT2D eigenvalue weighted by atomic mass is 10.2. The first-order valence-corrected chi connectivity index (χ1v) is 8.99. The van der Waals surface area contributed by atoms with Crippen LogP contribution in [0.4, 0.5) is 5.69 Å². The molecule has 0 aliphatic heterocycles. The Labute approximate surface area is 175 Å². The Bertz CT molecular complexity index is 942. The van der Waals surface area contributed by atoms with Crippen molar-refractivity contribution in [2.24, 2.45) is 5.10 Å². The van der Waals surface area contributed by atoms with E-state index in [9.17, 15) is 9.59 Å². The molecule has 0 heterocycles. The Morgan fingerprint density at radius 1 is 0.867 bits per heavy atom. The van der Waals surface area contributed by atoms with E-state index in [0.29, 0.717) is 40.0 Å². The number of carbonyl (C=O) groups excluding carboxylic acids is 2. The van der Waals surface area contributed by atoms with Crippen LogP contribution in [0.2, 0.25) is 0 Å². The molecule has 2 aromatic carbocycles. The van der Waals surface area contributed by atoms with Gasteiger partial charge in [-0.05, 0) is 31.2 Å². The smallest absolute Gasteiger partial charge is 0.275 e. The van der Waals surface area contributed by atoms with Crippen LogP contribution in [0.1, 0.15) is 23.7 Å². The van der Waals surface area contributed by atoms with E-state index in [1.54, 1.807) is 43.3 Å². The van der Waals surface area contributed by atoms with E-state index >= 15 is 0 Å². The van der Waals surface area contributed by atoms with E-state index in [-0.39, 0.29) is 12.3 Å². The minimum atomic E-state index is -0.469. The van der Waals surface area contributed by atoms with Gasteiger partial charge in [-0.1, -0.05) is 0 Å². The number of carbonyl (C=O) groups is 2. The monoisotopic (exact) mass is 415 g/mol. The van der Waals surface area contributed by atoms with Crippen LogP contribution in [0.5, 0.6) is 23.0 Å². The molecule has 0 aliphatic carbocycles. The highest BCUT2D eigenvalue weighted by molar-refractivity contribution is 6.06. The average Bonchev–Trinajstić information content (AvgIpc) is 2.76. The van der Waals surface area contributed by atoms with Crippen LogP contribution in [-0.4, -0.2) is 46.0 Å². The van der Waals surface area contributed by atoms with Gasteiger partial charge in [-0.2, -0.15) is 5.10 Å². The molecule has 0 spiro atoms. The van der Waals surface area contributed by atoms with Crippen LogP contribution in [0, 0.1) is 0 Å². The summed E-state index contributed by atoms with van der Waals surface area (Å²) < 4.78 is 20.7. The first kappa shape index (κ1) is 22.5. The molecule has 0 atom stereocenters. The molecule has 2 N–H and O–H groups in total. The molecule has 2 amide bonds. The molecule has 2 rings (SSSR count). The summed E-state index contributed by atoms with van der Waals surface area (Å²) in [4.78, 5) is 24.7. The highest BCUT2D eigenvalue weighted by Gasteiger charge is 2.14. The summed E-state index contributed by atoms with van der Waals surface area (Å²) in [7, 11) is 6.02. The van der Waals surface area contributed by atoms with Gasteiger partial charge in [-0.3, -0.25) is 9.59 Å². The lowest BCUT2D eigenvalue weighted by molar-refractivity contribution is -0.115. The number of hydrogen-bond acceptors (Lipinski definition) is 7. The largest absolute Gasteiger partial charge is 0.497 e. The van der Waals surface area contributed by atoms with E-state index < -0.39 is 5.91 Å². The van der Waals surface area contributed by atoms with E-state index in [1.807, 2.05) is 0 Å². The molecule has 0 radical (unpaired) electrons. The van der Waals surface area contributed by atoms with Gasteiger partial charge in [-0.25, -0.2) is 5.43 Å². The van der Waals surface area contributed by atoms with Crippen LogP contribution in [0.3, 0.4) is 0 Å². The summed E-state index contributed by atoms with van der Waals surface area (Å²) in [6.45, 7) is 1.63. The van der Waals surface area contributed by atoms with Gasteiger partial charge in [0.25, 0.3) is 5.91 Å². The number of methoxy groups -OCH3 is 4. The van der Waals surface area contributed by atoms with Crippen molar-refractivity contribution in [1.29, 1.82) is 0 Å². The van der Waals surface area contributed by atoms with E-state index in [2.05, 4.69) is 15.8 Å². The Kier molecular flexibility index (Phi) is 8.04. The molecule has 0 fully saturated rings. The second-order valence-corrected chi connectivity index (χ2v) is 6.15. The highest BCUT2D eigenvalue weighted by Crippen LogP contribution is 2.29. The molecule has 0 unspecified atom stereocenters. The number of hydrazone groups is 1. The fraction of sp³-hybridized carbons (Fsp3) is 0.286. The summed E-state index contributed by atoms with van der Waals surface area (Å²) in [5, 5.41) is 6.74. The zero-order chi connectivity index (χ0) is 22.1. The third-order valence-electron chi connectivity index (χ3n) is 4.10. The van der Waals surface area contributed by atoms with Gasteiger partial charge in [0.1, 0.15) is 23.0 Å². The normalized spacial score (nSPS) is 10.8. The molecule has 0 saturated carbocycles. The Morgan fingerprint density at radius 3 is 2.13 bits per heavy atom. The molecule has 0 aromatic heterocycles. The van der Waals surface area contributed by atoms with Crippen molar-refractivity contribution in [2.75, 3.05) is 33.8 Å². The second kappa shape index (κ2) is 10.7. The predicted octanol–water partition coefficient (Wildman–Crippen LogP) is 2.86. The van der Waals surface area contributed by atoms with Crippen molar-refractivity contribution in [3.8, 4) is 23.0 Å². The van der Waals surface area contributed by atoms with E-state index in [4.69, 9.17) is 18.9 Å². The Hall–Kier alpha value is -3.75. The number of nitrogens with zero attached hydrogens (tertiary/aromatic N) is 1. The van der Waals surface area contributed by atoms with E-state index in [0.717, 1.165) is 0 Å². The number of ether oxygens (including phenoxy) is 4. The molecule has 160 valence electrons. The van der Waals surface area contributed by atoms with E-state index in [1.165, 1.54) is 28.4 Å². The highest BCUT2D eigenvalue weighted by atomic mass is 16.5. The summed E-state index contributed by atoms with van der Waals surface area (Å²) in [6.07, 6.45) is -0.0274. The Balaban J connectivity index is 2.02. The molecular formula is C21H25N3O6. The van der Waals surface area contributed by atoms with Crippen molar-refractivity contribution in [1.82, 2.24) is 5.43 Å². The molecule has 9 nitrogen and oxygen atoms in total. The van der Waals surface area contributed by atoms with Crippen LogP contribution >= 0.6 is 0 Å². The summed E-state index contributed by atoms with van der Waals surface area (Å²) in [5.74, 6) is 1.20. The van der Waals surface area contributed by atoms with Gasteiger partial charge in [-0.15, -0.1) is 0 Å². The minimum absolute atomic E-state index is 0.0274. The van der Waals surface area contributed by atoms with Crippen LogP contribution < -0.4 is 29.7 Å². The molecular weight excluding hydrogens is 390 g/mol. The third kappa shape index (κ3) is 5.87. The standard InChI is InChI=1S/C21H25N3O6/c1-13(10-20(25)22-17-11-14(27-2)7-9-18(17)29-4)23-24-21(26)16-8-6-15(28-3)12-19(16)30-5/h6-9,11-12H,10H2,1-5H3,(H,22,25)(H,24,26). The molecule has 2 aromatic rings. The predicted molar refractivity (Wildman–Crippen MR) is 113 cm³/mol. The summed E-state index contributed by atoms with van der Waals surface area (Å²) in [5.41, 5.74) is 3.60. The lowest BCUT2D eigenvalue weighted by Crippen LogP contribution is -2.22. The van der Waals surface area contributed by atoms with Crippen molar-refractivity contribution in [3.63, 3.8) is 0 Å². The quantitative estimate of drug-likeness (QED) is 0.482. The van der Waals surface area contributed by atoms with Gasteiger partial charge >= 0.3 is 0 Å². The van der Waals surface area contributed by atoms with Gasteiger partial charge in [0.2, 0.25) is 5.91 Å². The zero-order valence-electron chi connectivity index (χ0n) is 17.6. The molecule has 0 aliphatic rings. The minimum Gasteiger partial charge on any atom is -0.497 e. The first-order valence-electron chi connectivity index (χ1n) is 8.99. The van der Waals surface area contributed by atoms with Crippen LogP contribution in [-0.2, 0) is 4.79 Å². The Morgan fingerprint density at radius 2 is 1.50 bits per heavy atom. The SMILES string of the molecule is COc1ccc(OC)c(NC(=O)CC(C)=NNC(=O)c2ccc(OC)cc2OC)c1. The fourth-order valence-electron chi connectivity index (χ4n) is 2.57. The molecule has 0 bridgehead atoms. The molecule has 30 heavy (non-hydrogen) atoms. The zero-order valence-corrected chi connectivity index (χ0v) is 17.6. The van der Waals surface area contributed by atoms with Crippen LogP contribution in [0.25, 0.3) is 0 Å². The average molecular weight is 415 g/mol. The maximum atomic E-state index is 12.4. The van der Waals surface area contributed by atoms with Gasteiger partial charge < -0.3 is 24.3 Å². The van der Waals surface area contributed by atoms with Crippen molar-refractivity contribution >= 4 is 23.2 Å². The third-order valence-corrected chi connectivity index (χ3v) is 4.10. The summed E-state index contributed by atoms with van der Waals surface area (Å²) >= 11 is 0. The van der Waals surface area contributed by atoms with Gasteiger partial charge in [0.15, 0.2) is 0 Å². The first-order chi connectivity index (χ1) is 14.4.